The third-order valence-corrected chi connectivity index (χ3v) is 4.69. The maximum Gasteiger partial charge on any atom is 0.310 e. The summed E-state index contributed by atoms with van der Waals surface area (Å²) < 4.78 is 16.7. The highest BCUT2D eigenvalue weighted by molar-refractivity contribution is 9.10. The Hall–Kier alpha value is -2.47. The molecule has 0 radical (unpaired) electrons. The molecule has 130 valence electrons. The topological polar surface area (TPSA) is 60.5 Å². The van der Waals surface area contributed by atoms with Crippen molar-refractivity contribution in [1.82, 2.24) is 4.98 Å². The predicted octanol–water partition coefficient (Wildman–Crippen LogP) is 4.23. The molecule has 1 N–H and O–H groups in total. The number of esters is 1. The Morgan fingerprint density at radius 3 is 2.56 bits per heavy atom. The molecule has 25 heavy (non-hydrogen) atoms. The third-order valence-electron chi connectivity index (χ3n) is 3.95. The molecule has 0 saturated heterocycles. The Kier molecular flexibility index (Phi) is 5.28. The fraction of sp³-hybridized carbons (Fsp3) is 0.211. The Labute approximate surface area is 154 Å². The van der Waals surface area contributed by atoms with E-state index in [1.807, 2.05) is 30.5 Å². The van der Waals surface area contributed by atoms with Crippen LogP contribution in [0.1, 0.15) is 11.1 Å². The summed E-state index contributed by atoms with van der Waals surface area (Å²) in [5.74, 6) is 0.919. The summed E-state index contributed by atoms with van der Waals surface area (Å²) >= 11 is 3.46. The van der Waals surface area contributed by atoms with E-state index in [-0.39, 0.29) is 19.0 Å². The van der Waals surface area contributed by atoms with Crippen molar-refractivity contribution < 1.29 is 19.0 Å². The van der Waals surface area contributed by atoms with Crippen molar-refractivity contribution in [2.45, 2.75) is 13.0 Å². The standard InChI is InChI=1S/C19H18BrNO4/c1-23-17-7-13(15(20)9-18(17)24-2)11-25-19(22)8-12-10-21-16-6-4-3-5-14(12)16/h3-7,9-10,21H,8,11H2,1-2H3. The van der Waals surface area contributed by atoms with Gasteiger partial charge >= 0.3 is 5.97 Å². The number of nitrogens with one attached hydrogen (secondary N) is 1. The first-order valence-corrected chi connectivity index (χ1v) is 8.52. The maximum atomic E-state index is 12.2. The van der Waals surface area contributed by atoms with Gasteiger partial charge in [-0.05, 0) is 23.8 Å². The number of methoxy groups -OCH3 is 2. The maximum absolute atomic E-state index is 12.2. The predicted molar refractivity (Wildman–Crippen MR) is 99.0 cm³/mol. The van der Waals surface area contributed by atoms with Gasteiger partial charge in [-0.25, -0.2) is 0 Å². The molecule has 0 aliphatic carbocycles. The minimum Gasteiger partial charge on any atom is -0.493 e. The molecule has 1 aromatic heterocycles. The number of hydrogen-bond donors (Lipinski definition) is 1. The van der Waals surface area contributed by atoms with Gasteiger partial charge in [-0.3, -0.25) is 4.79 Å². The van der Waals surface area contributed by atoms with E-state index >= 15 is 0 Å². The normalized spacial score (nSPS) is 10.7. The van der Waals surface area contributed by atoms with Gasteiger partial charge in [0.25, 0.3) is 0 Å². The lowest BCUT2D eigenvalue weighted by atomic mass is 10.1. The van der Waals surface area contributed by atoms with E-state index < -0.39 is 0 Å². The third kappa shape index (κ3) is 3.79. The number of ether oxygens (including phenoxy) is 3. The summed E-state index contributed by atoms with van der Waals surface area (Å²) in [7, 11) is 3.14. The fourth-order valence-corrected chi connectivity index (χ4v) is 3.09. The molecule has 0 amide bonds. The van der Waals surface area contributed by atoms with Crippen molar-refractivity contribution in [1.29, 1.82) is 0 Å². The van der Waals surface area contributed by atoms with Gasteiger partial charge in [0.2, 0.25) is 0 Å². The zero-order valence-corrected chi connectivity index (χ0v) is 15.6. The van der Waals surface area contributed by atoms with Gasteiger partial charge < -0.3 is 19.2 Å². The molecule has 3 rings (SSSR count). The SMILES string of the molecule is COc1cc(Br)c(COC(=O)Cc2c[nH]c3ccccc23)cc1OC. The van der Waals surface area contributed by atoms with E-state index in [2.05, 4.69) is 20.9 Å². The second kappa shape index (κ2) is 7.61. The van der Waals surface area contributed by atoms with Gasteiger partial charge in [0, 0.05) is 27.1 Å². The van der Waals surface area contributed by atoms with E-state index in [1.54, 1.807) is 26.4 Å². The number of aromatic nitrogens is 1. The minimum atomic E-state index is -0.286. The summed E-state index contributed by atoms with van der Waals surface area (Å²) in [4.78, 5) is 15.4. The molecular formula is C19H18BrNO4. The van der Waals surface area contributed by atoms with Crippen LogP contribution >= 0.6 is 15.9 Å². The van der Waals surface area contributed by atoms with Crippen molar-refractivity contribution in [3.63, 3.8) is 0 Å². The van der Waals surface area contributed by atoms with Gasteiger partial charge in [-0.1, -0.05) is 34.1 Å². The Bertz CT molecular complexity index is 904. The molecule has 6 heteroatoms. The molecule has 1 heterocycles. The number of hydrogen-bond acceptors (Lipinski definition) is 4. The molecule has 0 spiro atoms. The van der Waals surface area contributed by atoms with Crippen LogP contribution in [0.3, 0.4) is 0 Å². The number of H-pyrrole nitrogens is 1. The van der Waals surface area contributed by atoms with Gasteiger partial charge in [-0.2, -0.15) is 0 Å². The van der Waals surface area contributed by atoms with Crippen molar-refractivity contribution in [3.8, 4) is 11.5 Å². The van der Waals surface area contributed by atoms with Crippen LogP contribution in [0.5, 0.6) is 11.5 Å². The van der Waals surface area contributed by atoms with E-state index in [4.69, 9.17) is 14.2 Å². The summed E-state index contributed by atoms with van der Waals surface area (Å²) in [5, 5.41) is 1.03. The highest BCUT2D eigenvalue weighted by atomic mass is 79.9. The van der Waals surface area contributed by atoms with Crippen LogP contribution in [0.2, 0.25) is 0 Å². The van der Waals surface area contributed by atoms with Crippen LogP contribution < -0.4 is 9.47 Å². The number of benzene rings is 2. The quantitative estimate of drug-likeness (QED) is 0.625. The van der Waals surface area contributed by atoms with Crippen molar-refractivity contribution in [2.24, 2.45) is 0 Å². The van der Waals surface area contributed by atoms with Crippen LogP contribution in [0, 0.1) is 0 Å². The molecule has 0 fully saturated rings. The number of fused-ring (bicyclic) bond motifs is 1. The van der Waals surface area contributed by atoms with Gasteiger partial charge in [0.05, 0.1) is 20.6 Å². The molecule has 0 bridgehead atoms. The summed E-state index contributed by atoms with van der Waals surface area (Å²) in [6.07, 6.45) is 2.06. The monoisotopic (exact) mass is 403 g/mol. The average Bonchev–Trinajstić information content (AvgIpc) is 3.03. The molecular weight excluding hydrogens is 386 g/mol. The first-order valence-electron chi connectivity index (χ1n) is 7.73. The molecule has 0 unspecified atom stereocenters. The Balaban J connectivity index is 1.68. The number of rotatable bonds is 6. The van der Waals surface area contributed by atoms with E-state index in [0.29, 0.717) is 11.5 Å². The lowest BCUT2D eigenvalue weighted by Crippen LogP contribution is -2.08. The zero-order chi connectivity index (χ0) is 17.8. The number of para-hydroxylation sites is 1. The molecule has 0 aliphatic heterocycles. The van der Waals surface area contributed by atoms with E-state index in [0.717, 1.165) is 26.5 Å². The number of carbonyl (C=O) groups excluding carboxylic acids is 1. The van der Waals surface area contributed by atoms with Crippen LogP contribution in [-0.2, 0) is 22.6 Å². The Morgan fingerprint density at radius 2 is 1.80 bits per heavy atom. The molecule has 0 aliphatic rings. The summed E-state index contributed by atoms with van der Waals surface area (Å²) in [6.45, 7) is 0.155. The number of aromatic amines is 1. The lowest BCUT2D eigenvalue weighted by molar-refractivity contribution is -0.144. The summed E-state index contributed by atoms with van der Waals surface area (Å²) in [6, 6.07) is 11.5. The first kappa shape index (κ1) is 17.4. The number of halogens is 1. The minimum absolute atomic E-state index is 0.155. The van der Waals surface area contributed by atoms with Crippen LogP contribution in [-0.4, -0.2) is 25.2 Å². The fourth-order valence-electron chi connectivity index (χ4n) is 2.65. The van der Waals surface area contributed by atoms with Gasteiger partial charge in [0.1, 0.15) is 6.61 Å². The van der Waals surface area contributed by atoms with Crippen molar-refractivity contribution >= 4 is 32.8 Å². The number of carbonyl (C=O) groups is 1. The second-order valence-corrected chi connectivity index (χ2v) is 6.35. The molecule has 5 nitrogen and oxygen atoms in total. The van der Waals surface area contributed by atoms with Crippen LogP contribution in [0.25, 0.3) is 10.9 Å². The molecule has 0 saturated carbocycles. The van der Waals surface area contributed by atoms with Crippen molar-refractivity contribution in [2.75, 3.05) is 14.2 Å². The average molecular weight is 404 g/mol. The van der Waals surface area contributed by atoms with Gasteiger partial charge in [0.15, 0.2) is 11.5 Å². The van der Waals surface area contributed by atoms with Crippen LogP contribution in [0.15, 0.2) is 47.1 Å². The smallest absolute Gasteiger partial charge is 0.310 e. The Morgan fingerprint density at radius 1 is 1.08 bits per heavy atom. The molecule has 3 aromatic rings. The molecule has 2 aromatic carbocycles. The zero-order valence-electron chi connectivity index (χ0n) is 14.0. The highest BCUT2D eigenvalue weighted by Crippen LogP contribution is 2.33. The lowest BCUT2D eigenvalue weighted by Gasteiger charge is -2.12. The summed E-state index contributed by atoms with van der Waals surface area (Å²) in [5.41, 5.74) is 2.74. The van der Waals surface area contributed by atoms with Crippen LogP contribution in [0.4, 0.5) is 0 Å². The van der Waals surface area contributed by atoms with Crippen molar-refractivity contribution in [3.05, 3.63) is 58.2 Å². The van der Waals surface area contributed by atoms with E-state index in [1.165, 1.54) is 0 Å². The second-order valence-electron chi connectivity index (χ2n) is 5.50. The first-order chi connectivity index (χ1) is 12.1. The van der Waals surface area contributed by atoms with E-state index in [9.17, 15) is 4.79 Å². The largest absolute Gasteiger partial charge is 0.493 e. The highest BCUT2D eigenvalue weighted by Gasteiger charge is 2.13. The van der Waals surface area contributed by atoms with Gasteiger partial charge in [-0.15, -0.1) is 0 Å². The molecule has 0 atom stereocenters.